The summed E-state index contributed by atoms with van der Waals surface area (Å²) in [5.74, 6) is 0.642. The molecule has 0 radical (unpaired) electrons. The van der Waals surface area contributed by atoms with Gasteiger partial charge < -0.3 is 10.6 Å². The largest absolute Gasteiger partial charge is 0.339 e. The second kappa shape index (κ2) is 7.38. The first-order valence-electron chi connectivity index (χ1n) is 9.31. The Morgan fingerprint density at radius 2 is 1.75 bits per heavy atom. The third kappa shape index (κ3) is 3.58. The zero-order chi connectivity index (χ0) is 19.7. The molecule has 1 aliphatic rings. The lowest BCUT2D eigenvalue weighted by molar-refractivity contribution is 0.0972. The van der Waals surface area contributed by atoms with Gasteiger partial charge in [0.2, 0.25) is 5.95 Å². The molecule has 142 valence electrons. The van der Waals surface area contributed by atoms with E-state index >= 15 is 0 Å². The van der Waals surface area contributed by atoms with Gasteiger partial charge in [0, 0.05) is 17.8 Å². The van der Waals surface area contributed by atoms with E-state index in [0.717, 1.165) is 35.3 Å². The summed E-state index contributed by atoms with van der Waals surface area (Å²) in [5.41, 5.74) is 5.16. The number of hydrogen-bond acceptors (Lipinski definition) is 5. The van der Waals surface area contributed by atoms with Crippen molar-refractivity contribution in [3.05, 3.63) is 70.7 Å². The number of hydrogen-bond donors (Lipinski definition) is 2. The lowest BCUT2D eigenvalue weighted by atomic mass is 9.95. The van der Waals surface area contributed by atoms with E-state index in [9.17, 15) is 9.18 Å². The van der Waals surface area contributed by atoms with Gasteiger partial charge in [-0.3, -0.25) is 4.79 Å². The molecular formula is C22H21FN4O. The van der Waals surface area contributed by atoms with E-state index in [2.05, 4.69) is 20.6 Å². The Morgan fingerprint density at radius 1 is 0.964 bits per heavy atom. The van der Waals surface area contributed by atoms with Crippen LogP contribution in [0.1, 0.15) is 40.0 Å². The van der Waals surface area contributed by atoms with E-state index in [-0.39, 0.29) is 11.6 Å². The van der Waals surface area contributed by atoms with Crippen molar-refractivity contribution >= 4 is 28.9 Å². The number of ketones is 1. The fourth-order valence-corrected chi connectivity index (χ4v) is 3.35. The highest BCUT2D eigenvalue weighted by atomic mass is 19.1. The first-order chi connectivity index (χ1) is 13.5. The predicted molar refractivity (Wildman–Crippen MR) is 108 cm³/mol. The zero-order valence-corrected chi connectivity index (χ0v) is 15.8. The number of aryl methyl sites for hydroxylation is 2. The fourth-order valence-electron chi connectivity index (χ4n) is 3.35. The number of carbonyl (C=O) groups is 1. The molecule has 5 nitrogen and oxygen atoms in total. The highest BCUT2D eigenvalue weighted by molar-refractivity contribution is 6.03. The number of rotatable bonds is 4. The minimum absolute atomic E-state index is 0.0578. The SMILES string of the molecule is Cc1cccc(Nc2nc(Nc3ccc(F)cc3)nc3c2C(=O)CCC3)c1C. The van der Waals surface area contributed by atoms with Crippen LogP contribution in [0, 0.1) is 19.7 Å². The lowest BCUT2D eigenvalue weighted by Crippen LogP contribution is -2.18. The summed E-state index contributed by atoms with van der Waals surface area (Å²) in [5, 5.41) is 6.44. The number of Topliss-reactive ketones (excluding diaryl/α,β-unsaturated/α-hetero) is 1. The molecule has 2 aromatic carbocycles. The van der Waals surface area contributed by atoms with Crippen LogP contribution in [0.2, 0.25) is 0 Å². The Hall–Kier alpha value is -3.28. The average Bonchev–Trinajstić information content (AvgIpc) is 2.67. The van der Waals surface area contributed by atoms with Gasteiger partial charge in [-0.1, -0.05) is 12.1 Å². The third-order valence-corrected chi connectivity index (χ3v) is 5.04. The molecule has 0 fully saturated rings. The van der Waals surface area contributed by atoms with Crippen LogP contribution >= 0.6 is 0 Å². The van der Waals surface area contributed by atoms with Crippen LogP contribution in [0.15, 0.2) is 42.5 Å². The number of fused-ring (bicyclic) bond motifs is 1. The molecule has 4 rings (SSSR count). The van der Waals surface area contributed by atoms with Crippen molar-refractivity contribution in [2.45, 2.75) is 33.1 Å². The third-order valence-electron chi connectivity index (χ3n) is 5.04. The molecule has 0 saturated carbocycles. The second-order valence-electron chi connectivity index (χ2n) is 7.00. The normalized spacial score (nSPS) is 13.2. The van der Waals surface area contributed by atoms with E-state index < -0.39 is 0 Å². The molecular weight excluding hydrogens is 355 g/mol. The number of carbonyl (C=O) groups excluding carboxylic acids is 1. The monoisotopic (exact) mass is 376 g/mol. The maximum absolute atomic E-state index is 13.2. The molecule has 0 atom stereocenters. The van der Waals surface area contributed by atoms with Gasteiger partial charge in [-0.15, -0.1) is 0 Å². The van der Waals surface area contributed by atoms with Gasteiger partial charge in [-0.05, 0) is 68.1 Å². The van der Waals surface area contributed by atoms with Crippen molar-refractivity contribution < 1.29 is 9.18 Å². The molecule has 6 heteroatoms. The highest BCUT2D eigenvalue weighted by Crippen LogP contribution is 2.31. The maximum atomic E-state index is 13.2. The Labute approximate surface area is 163 Å². The summed E-state index contributed by atoms with van der Waals surface area (Å²) in [4.78, 5) is 21.7. The first kappa shape index (κ1) is 18.1. The molecule has 3 aromatic rings. The molecule has 1 heterocycles. The van der Waals surface area contributed by atoms with Gasteiger partial charge in [0.1, 0.15) is 11.6 Å². The van der Waals surface area contributed by atoms with Crippen LogP contribution in [0.5, 0.6) is 0 Å². The quantitative estimate of drug-likeness (QED) is 0.652. The van der Waals surface area contributed by atoms with Crippen molar-refractivity contribution in [3.63, 3.8) is 0 Å². The van der Waals surface area contributed by atoms with E-state index in [1.165, 1.54) is 12.1 Å². The van der Waals surface area contributed by atoms with Gasteiger partial charge in [0.05, 0.1) is 11.3 Å². The van der Waals surface area contributed by atoms with Crippen LogP contribution in [-0.4, -0.2) is 15.8 Å². The molecule has 1 aliphatic carbocycles. The summed E-state index contributed by atoms with van der Waals surface area (Å²) in [7, 11) is 0. The molecule has 28 heavy (non-hydrogen) atoms. The highest BCUT2D eigenvalue weighted by Gasteiger charge is 2.25. The van der Waals surface area contributed by atoms with Gasteiger partial charge >= 0.3 is 0 Å². The average molecular weight is 376 g/mol. The van der Waals surface area contributed by atoms with Crippen LogP contribution in [-0.2, 0) is 6.42 Å². The van der Waals surface area contributed by atoms with Gasteiger partial charge in [0.25, 0.3) is 0 Å². The number of nitrogens with one attached hydrogen (secondary N) is 2. The topological polar surface area (TPSA) is 66.9 Å². The minimum atomic E-state index is -0.306. The number of aromatic nitrogens is 2. The zero-order valence-electron chi connectivity index (χ0n) is 15.8. The summed E-state index contributed by atoms with van der Waals surface area (Å²) in [6.45, 7) is 4.08. The standard InChI is InChI=1S/C22H21FN4O/c1-13-5-3-6-17(14(13)2)25-21-20-18(7-4-8-19(20)28)26-22(27-21)24-16-11-9-15(23)10-12-16/h3,5-6,9-12H,4,7-8H2,1-2H3,(H2,24,25,26,27). The smallest absolute Gasteiger partial charge is 0.229 e. The first-order valence-corrected chi connectivity index (χ1v) is 9.31. The fraction of sp³-hybridized carbons (Fsp3) is 0.227. The van der Waals surface area contributed by atoms with E-state index in [0.29, 0.717) is 29.4 Å². The molecule has 0 unspecified atom stereocenters. The summed E-state index contributed by atoms with van der Waals surface area (Å²) in [6.07, 6.45) is 2.01. The van der Waals surface area contributed by atoms with Crippen molar-refractivity contribution in [2.75, 3.05) is 10.6 Å². The molecule has 0 saturated heterocycles. The minimum Gasteiger partial charge on any atom is -0.339 e. The Morgan fingerprint density at radius 3 is 2.54 bits per heavy atom. The van der Waals surface area contributed by atoms with Crippen LogP contribution in [0.4, 0.5) is 27.5 Å². The van der Waals surface area contributed by atoms with Crippen LogP contribution in [0.3, 0.4) is 0 Å². The second-order valence-corrected chi connectivity index (χ2v) is 7.00. The van der Waals surface area contributed by atoms with Crippen molar-refractivity contribution in [2.24, 2.45) is 0 Å². The van der Waals surface area contributed by atoms with Gasteiger partial charge in [-0.2, -0.15) is 4.98 Å². The predicted octanol–water partition coefficient (Wildman–Crippen LogP) is 5.24. The molecule has 0 aliphatic heterocycles. The number of halogens is 1. The Balaban J connectivity index is 1.75. The van der Waals surface area contributed by atoms with Gasteiger partial charge in [-0.25, -0.2) is 9.37 Å². The molecule has 0 bridgehead atoms. The molecule has 2 N–H and O–H groups in total. The van der Waals surface area contributed by atoms with Gasteiger partial charge in [0.15, 0.2) is 5.78 Å². The van der Waals surface area contributed by atoms with Crippen molar-refractivity contribution in [1.29, 1.82) is 0 Å². The van der Waals surface area contributed by atoms with E-state index in [4.69, 9.17) is 0 Å². The number of nitrogens with zero attached hydrogens (tertiary/aromatic N) is 2. The summed E-state index contributed by atoms with van der Waals surface area (Å²) in [6, 6.07) is 12.0. The van der Waals surface area contributed by atoms with Crippen molar-refractivity contribution in [3.8, 4) is 0 Å². The molecule has 1 aromatic heterocycles. The number of benzene rings is 2. The van der Waals surface area contributed by atoms with Crippen LogP contribution < -0.4 is 10.6 Å². The molecule has 0 spiro atoms. The number of anilines is 4. The van der Waals surface area contributed by atoms with E-state index in [1.54, 1.807) is 12.1 Å². The Bertz CT molecular complexity index is 1050. The van der Waals surface area contributed by atoms with Crippen molar-refractivity contribution in [1.82, 2.24) is 9.97 Å². The maximum Gasteiger partial charge on any atom is 0.229 e. The van der Waals surface area contributed by atoms with E-state index in [1.807, 2.05) is 32.0 Å². The van der Waals surface area contributed by atoms with Crippen LogP contribution in [0.25, 0.3) is 0 Å². The lowest BCUT2D eigenvalue weighted by Gasteiger charge is -2.20. The summed E-state index contributed by atoms with van der Waals surface area (Å²) >= 11 is 0. The Kier molecular flexibility index (Phi) is 4.77. The molecule has 0 amide bonds. The summed E-state index contributed by atoms with van der Waals surface area (Å²) < 4.78 is 13.2.